The number of unbranched alkanes of at least 4 members (excludes halogenated alkanes) is 16. The monoisotopic (exact) mass is 580 g/mol. The largest absolute Gasteiger partial charge is 0.412 e. The van der Waals surface area contributed by atoms with Crippen LogP contribution in [-0.4, -0.2) is 25.3 Å². The summed E-state index contributed by atoms with van der Waals surface area (Å²) in [5, 5.41) is 5.64. The number of rotatable bonds is 23. The summed E-state index contributed by atoms with van der Waals surface area (Å²) in [4.78, 5) is 24.8. The van der Waals surface area contributed by atoms with E-state index in [4.69, 9.17) is 9.47 Å². The van der Waals surface area contributed by atoms with E-state index in [-0.39, 0.29) is 0 Å². The number of para-hydroxylation sites is 2. The van der Waals surface area contributed by atoms with Crippen LogP contribution in [0.15, 0.2) is 48.5 Å². The van der Waals surface area contributed by atoms with Gasteiger partial charge in [0, 0.05) is 24.2 Å². The molecule has 2 aromatic carbocycles. The minimum atomic E-state index is -0.495. The van der Waals surface area contributed by atoms with Gasteiger partial charge in [0.05, 0.1) is 0 Å². The molecule has 0 heterocycles. The SMILES string of the molecule is CCCCCCCCCCCCCCCCCCNC(=O)Oc1ccccc1-c1ccccc1OC(=O)NCCCC. The van der Waals surface area contributed by atoms with Crippen molar-refractivity contribution in [1.29, 1.82) is 0 Å². The number of hydrogen-bond acceptors (Lipinski definition) is 4. The zero-order chi connectivity index (χ0) is 30.1. The summed E-state index contributed by atoms with van der Waals surface area (Å²) in [5.41, 5.74) is 1.37. The van der Waals surface area contributed by atoms with Crippen LogP contribution in [0, 0.1) is 0 Å². The third-order valence-electron chi connectivity index (χ3n) is 7.57. The lowest BCUT2D eigenvalue weighted by molar-refractivity contribution is 0.198. The standard InChI is InChI=1S/C36H56N2O4/c1-3-5-7-8-9-10-11-12-13-14-15-16-17-18-19-24-30-38-36(40)42-34-28-23-21-26-32(34)31-25-20-22-27-33(31)41-35(39)37-29-6-4-2/h20-23,25-28H,3-19,24,29-30H2,1-2H3,(H,37,39)(H,38,40). The number of amides is 2. The highest BCUT2D eigenvalue weighted by molar-refractivity contribution is 5.82. The first-order chi connectivity index (χ1) is 20.7. The third-order valence-corrected chi connectivity index (χ3v) is 7.57. The van der Waals surface area contributed by atoms with E-state index in [1.165, 1.54) is 89.9 Å². The van der Waals surface area contributed by atoms with Crippen molar-refractivity contribution in [2.45, 2.75) is 129 Å². The predicted molar refractivity (Wildman–Crippen MR) is 174 cm³/mol. The summed E-state index contributed by atoms with van der Waals surface area (Å²) in [6.07, 6.45) is 22.1. The van der Waals surface area contributed by atoms with E-state index in [0.29, 0.717) is 35.7 Å². The molecule has 6 heteroatoms. The average Bonchev–Trinajstić information content (AvgIpc) is 2.99. The minimum Gasteiger partial charge on any atom is -0.410 e. The molecule has 0 bridgehead atoms. The Bertz CT molecular complexity index is 994. The van der Waals surface area contributed by atoms with Crippen molar-refractivity contribution < 1.29 is 19.1 Å². The van der Waals surface area contributed by atoms with Gasteiger partial charge in [-0.2, -0.15) is 0 Å². The molecule has 2 amide bonds. The maximum absolute atomic E-state index is 12.5. The van der Waals surface area contributed by atoms with Crippen LogP contribution >= 0.6 is 0 Å². The first-order valence-corrected chi connectivity index (χ1v) is 16.8. The number of hydrogen-bond donors (Lipinski definition) is 2. The lowest BCUT2D eigenvalue weighted by Gasteiger charge is -2.14. The second-order valence-corrected chi connectivity index (χ2v) is 11.3. The van der Waals surface area contributed by atoms with Gasteiger partial charge in [-0.1, -0.05) is 153 Å². The minimum absolute atomic E-state index is 0.413. The summed E-state index contributed by atoms with van der Waals surface area (Å²) in [7, 11) is 0. The lowest BCUT2D eigenvalue weighted by atomic mass is 10.0. The van der Waals surface area contributed by atoms with Gasteiger partial charge >= 0.3 is 12.2 Å². The van der Waals surface area contributed by atoms with Crippen LogP contribution in [0.5, 0.6) is 11.5 Å². The van der Waals surface area contributed by atoms with Crippen LogP contribution < -0.4 is 20.1 Å². The van der Waals surface area contributed by atoms with Gasteiger partial charge < -0.3 is 20.1 Å². The first-order valence-electron chi connectivity index (χ1n) is 16.8. The van der Waals surface area contributed by atoms with Crippen LogP contribution in [0.4, 0.5) is 9.59 Å². The van der Waals surface area contributed by atoms with Gasteiger partial charge in [0.25, 0.3) is 0 Å². The number of carbonyl (C=O) groups excluding carboxylic acids is 2. The highest BCUT2D eigenvalue weighted by Crippen LogP contribution is 2.36. The molecule has 234 valence electrons. The van der Waals surface area contributed by atoms with E-state index in [1.807, 2.05) is 36.4 Å². The molecule has 0 aromatic heterocycles. The van der Waals surface area contributed by atoms with E-state index >= 15 is 0 Å². The Morgan fingerprint density at radius 3 is 1.21 bits per heavy atom. The highest BCUT2D eigenvalue weighted by Gasteiger charge is 2.15. The molecule has 2 aromatic rings. The van der Waals surface area contributed by atoms with E-state index < -0.39 is 12.2 Å². The van der Waals surface area contributed by atoms with Gasteiger partial charge in [-0.3, -0.25) is 0 Å². The Balaban J connectivity index is 1.60. The fourth-order valence-electron chi connectivity index (χ4n) is 5.06. The molecule has 6 nitrogen and oxygen atoms in total. The molecule has 0 aliphatic rings. The van der Waals surface area contributed by atoms with Crippen LogP contribution in [0.3, 0.4) is 0 Å². The van der Waals surface area contributed by atoms with E-state index in [2.05, 4.69) is 24.5 Å². The fourth-order valence-corrected chi connectivity index (χ4v) is 5.06. The van der Waals surface area contributed by atoms with Crippen molar-refractivity contribution in [3.63, 3.8) is 0 Å². The van der Waals surface area contributed by atoms with Gasteiger partial charge in [-0.05, 0) is 25.0 Å². The van der Waals surface area contributed by atoms with Crippen LogP contribution in [0.2, 0.25) is 0 Å². The molecular weight excluding hydrogens is 524 g/mol. The zero-order valence-corrected chi connectivity index (χ0v) is 26.4. The number of carbonyl (C=O) groups is 2. The molecular formula is C36H56N2O4. The summed E-state index contributed by atoms with van der Waals surface area (Å²) in [5.74, 6) is 0.834. The molecule has 0 unspecified atom stereocenters. The maximum atomic E-state index is 12.5. The molecule has 2 N–H and O–H groups in total. The number of ether oxygens (including phenoxy) is 2. The molecule has 0 aliphatic carbocycles. The molecule has 0 atom stereocenters. The van der Waals surface area contributed by atoms with Gasteiger partial charge in [-0.25, -0.2) is 9.59 Å². The van der Waals surface area contributed by atoms with Crippen molar-refractivity contribution in [2.24, 2.45) is 0 Å². The van der Waals surface area contributed by atoms with Crippen molar-refractivity contribution >= 4 is 12.2 Å². The fraction of sp³-hybridized carbons (Fsp3) is 0.611. The molecule has 42 heavy (non-hydrogen) atoms. The maximum Gasteiger partial charge on any atom is 0.412 e. The van der Waals surface area contributed by atoms with E-state index in [9.17, 15) is 9.59 Å². The van der Waals surface area contributed by atoms with E-state index in [1.54, 1.807) is 12.1 Å². The van der Waals surface area contributed by atoms with Crippen molar-refractivity contribution in [3.05, 3.63) is 48.5 Å². The Morgan fingerprint density at radius 2 is 0.810 bits per heavy atom. The topological polar surface area (TPSA) is 76.7 Å². The summed E-state index contributed by atoms with van der Waals surface area (Å²) < 4.78 is 11.2. The lowest BCUT2D eigenvalue weighted by Crippen LogP contribution is -2.28. The second-order valence-electron chi connectivity index (χ2n) is 11.3. The molecule has 2 rings (SSSR count). The first kappa shape index (κ1) is 35.2. The Kier molecular flexibility index (Phi) is 19.7. The molecule has 0 spiro atoms. The molecule has 0 radical (unpaired) electrons. The van der Waals surface area contributed by atoms with Crippen LogP contribution in [0.25, 0.3) is 11.1 Å². The summed E-state index contributed by atoms with van der Waals surface area (Å²) >= 11 is 0. The van der Waals surface area contributed by atoms with E-state index in [0.717, 1.165) is 25.7 Å². The Hall–Kier alpha value is -3.02. The molecule has 0 aliphatic heterocycles. The quantitative estimate of drug-likeness (QED) is 0.128. The third kappa shape index (κ3) is 15.8. The van der Waals surface area contributed by atoms with Crippen LogP contribution in [0.1, 0.15) is 129 Å². The number of nitrogens with one attached hydrogen (secondary N) is 2. The Labute approximate surface area is 255 Å². The van der Waals surface area contributed by atoms with Gasteiger partial charge in [0.2, 0.25) is 0 Å². The van der Waals surface area contributed by atoms with Gasteiger partial charge in [0.1, 0.15) is 11.5 Å². The van der Waals surface area contributed by atoms with Crippen molar-refractivity contribution in [3.8, 4) is 22.6 Å². The zero-order valence-electron chi connectivity index (χ0n) is 26.4. The molecule has 0 fully saturated rings. The summed E-state index contributed by atoms with van der Waals surface area (Å²) in [6, 6.07) is 14.6. The predicted octanol–water partition coefficient (Wildman–Crippen LogP) is 10.6. The smallest absolute Gasteiger partial charge is 0.410 e. The Morgan fingerprint density at radius 1 is 0.476 bits per heavy atom. The normalized spacial score (nSPS) is 10.8. The second kappa shape index (κ2) is 23.5. The molecule has 0 saturated carbocycles. The van der Waals surface area contributed by atoms with Gasteiger partial charge in [0.15, 0.2) is 0 Å². The van der Waals surface area contributed by atoms with Crippen molar-refractivity contribution in [2.75, 3.05) is 13.1 Å². The molecule has 0 saturated heterocycles. The van der Waals surface area contributed by atoms with Crippen LogP contribution in [-0.2, 0) is 0 Å². The van der Waals surface area contributed by atoms with Gasteiger partial charge in [-0.15, -0.1) is 0 Å². The average molecular weight is 581 g/mol. The highest BCUT2D eigenvalue weighted by atomic mass is 16.6. The summed E-state index contributed by atoms with van der Waals surface area (Å²) in [6.45, 7) is 5.50. The van der Waals surface area contributed by atoms with Crippen molar-refractivity contribution in [1.82, 2.24) is 10.6 Å². The number of benzene rings is 2.